The third-order valence-electron chi connectivity index (χ3n) is 5.55. The highest BCUT2D eigenvalue weighted by Crippen LogP contribution is 2.31. The van der Waals surface area contributed by atoms with E-state index in [2.05, 4.69) is 0 Å². The van der Waals surface area contributed by atoms with Gasteiger partial charge >= 0.3 is 0 Å². The number of hydrogen-bond acceptors (Lipinski definition) is 6. The van der Waals surface area contributed by atoms with Crippen molar-refractivity contribution in [3.8, 4) is 0 Å². The van der Waals surface area contributed by atoms with Gasteiger partial charge in [-0.25, -0.2) is 16.8 Å². The number of anilines is 1. The average molecular weight is 465 g/mol. The maximum absolute atomic E-state index is 13.1. The number of aryl methyl sites for hydroxylation is 1. The number of amides is 1. The lowest BCUT2D eigenvalue weighted by atomic mass is 10.0. The molecule has 0 spiro atoms. The summed E-state index contributed by atoms with van der Waals surface area (Å²) in [5.41, 5.74) is 1.88. The van der Waals surface area contributed by atoms with E-state index in [9.17, 15) is 21.6 Å². The molecule has 2 heterocycles. The minimum Gasteiger partial charge on any atom is -0.379 e. The van der Waals surface area contributed by atoms with E-state index in [1.165, 1.54) is 34.6 Å². The molecular weight excluding hydrogens is 440 g/mol. The zero-order valence-electron chi connectivity index (χ0n) is 17.2. The van der Waals surface area contributed by atoms with Crippen molar-refractivity contribution in [3.63, 3.8) is 0 Å². The first-order chi connectivity index (χ1) is 14.7. The lowest BCUT2D eigenvalue weighted by molar-refractivity contribution is 0.0730. The fourth-order valence-electron chi connectivity index (χ4n) is 3.88. The van der Waals surface area contributed by atoms with Gasteiger partial charge in [-0.1, -0.05) is 0 Å². The molecule has 0 bridgehead atoms. The summed E-state index contributed by atoms with van der Waals surface area (Å²) in [6, 6.07) is 10.8. The molecule has 2 aromatic rings. The van der Waals surface area contributed by atoms with Crippen LogP contribution in [0, 0.1) is 0 Å². The van der Waals surface area contributed by atoms with Gasteiger partial charge in [0.1, 0.15) is 0 Å². The van der Waals surface area contributed by atoms with Crippen LogP contribution in [0.5, 0.6) is 0 Å². The van der Waals surface area contributed by atoms with Crippen molar-refractivity contribution < 1.29 is 26.4 Å². The van der Waals surface area contributed by atoms with Crippen LogP contribution in [0.4, 0.5) is 5.69 Å². The number of fused-ring (bicyclic) bond motifs is 1. The molecule has 10 heteroatoms. The molecule has 0 aliphatic carbocycles. The van der Waals surface area contributed by atoms with E-state index < -0.39 is 19.9 Å². The van der Waals surface area contributed by atoms with Crippen LogP contribution in [-0.2, 0) is 31.0 Å². The van der Waals surface area contributed by atoms with Crippen molar-refractivity contribution in [2.24, 2.45) is 0 Å². The smallest absolute Gasteiger partial charge is 0.258 e. The number of rotatable bonds is 4. The standard InChI is InChI=1S/C21H24N2O6S2/c1-30(25,26)19-8-9-20-17(15-19)3-2-10-23(20)21(24)16-4-6-18(7-5-16)31(27,28)22-11-13-29-14-12-22/h4-9,15H,2-3,10-14H2,1H3. The van der Waals surface area contributed by atoms with E-state index in [1.54, 1.807) is 17.0 Å². The molecule has 0 saturated carbocycles. The summed E-state index contributed by atoms with van der Waals surface area (Å²) in [5, 5.41) is 0. The number of ether oxygens (including phenoxy) is 1. The molecule has 8 nitrogen and oxygen atoms in total. The first-order valence-electron chi connectivity index (χ1n) is 10.0. The van der Waals surface area contributed by atoms with Crippen LogP contribution in [0.3, 0.4) is 0 Å². The molecule has 2 aliphatic rings. The second-order valence-corrected chi connectivity index (χ2v) is 11.6. The molecule has 1 fully saturated rings. The summed E-state index contributed by atoms with van der Waals surface area (Å²) < 4.78 is 55.8. The average Bonchev–Trinajstić information content (AvgIpc) is 2.78. The maximum Gasteiger partial charge on any atom is 0.258 e. The van der Waals surface area contributed by atoms with Crippen LogP contribution < -0.4 is 4.90 Å². The second-order valence-electron chi connectivity index (χ2n) is 7.66. The predicted molar refractivity (Wildman–Crippen MR) is 116 cm³/mol. The third kappa shape index (κ3) is 4.38. The summed E-state index contributed by atoms with van der Waals surface area (Å²) in [5.74, 6) is -0.247. The number of benzene rings is 2. The molecule has 31 heavy (non-hydrogen) atoms. The minimum atomic E-state index is -3.63. The van der Waals surface area contributed by atoms with Gasteiger partial charge in [-0.05, 0) is 60.9 Å². The SMILES string of the molecule is CS(=O)(=O)c1ccc2c(c1)CCCN2C(=O)c1ccc(S(=O)(=O)N2CCOCC2)cc1. The van der Waals surface area contributed by atoms with Crippen molar-refractivity contribution in [3.05, 3.63) is 53.6 Å². The monoisotopic (exact) mass is 464 g/mol. The van der Waals surface area contributed by atoms with E-state index in [4.69, 9.17) is 4.74 Å². The van der Waals surface area contributed by atoms with E-state index in [-0.39, 0.29) is 15.7 Å². The summed E-state index contributed by atoms with van der Waals surface area (Å²) in [7, 11) is -6.95. The second kappa shape index (κ2) is 8.34. The summed E-state index contributed by atoms with van der Waals surface area (Å²) >= 11 is 0. The largest absolute Gasteiger partial charge is 0.379 e. The van der Waals surface area contributed by atoms with Gasteiger partial charge in [0.2, 0.25) is 10.0 Å². The summed E-state index contributed by atoms with van der Waals surface area (Å²) in [4.78, 5) is 15.1. The number of nitrogens with zero attached hydrogens (tertiary/aromatic N) is 2. The highest BCUT2D eigenvalue weighted by atomic mass is 32.2. The summed E-state index contributed by atoms with van der Waals surface area (Å²) in [6.07, 6.45) is 2.57. The molecule has 1 saturated heterocycles. The minimum absolute atomic E-state index is 0.141. The molecule has 0 aromatic heterocycles. The lowest BCUT2D eigenvalue weighted by Gasteiger charge is -2.30. The molecule has 2 aromatic carbocycles. The van der Waals surface area contributed by atoms with Crippen LogP contribution >= 0.6 is 0 Å². The fourth-order valence-corrected chi connectivity index (χ4v) is 5.96. The maximum atomic E-state index is 13.1. The summed E-state index contributed by atoms with van der Waals surface area (Å²) in [6.45, 7) is 1.86. The third-order valence-corrected chi connectivity index (χ3v) is 8.58. The first-order valence-corrected chi connectivity index (χ1v) is 13.3. The number of hydrogen-bond donors (Lipinski definition) is 0. The van der Waals surface area contributed by atoms with Gasteiger partial charge in [0.05, 0.1) is 23.0 Å². The van der Waals surface area contributed by atoms with Crippen LogP contribution in [0.1, 0.15) is 22.3 Å². The number of carbonyl (C=O) groups excluding carboxylic acids is 1. The van der Waals surface area contributed by atoms with Gasteiger partial charge in [-0.2, -0.15) is 4.31 Å². The van der Waals surface area contributed by atoms with Gasteiger partial charge in [-0.15, -0.1) is 0 Å². The zero-order valence-corrected chi connectivity index (χ0v) is 18.8. The van der Waals surface area contributed by atoms with Crippen molar-refractivity contribution in [2.45, 2.75) is 22.6 Å². The van der Waals surface area contributed by atoms with Gasteiger partial charge in [0, 0.05) is 37.1 Å². The Hall–Kier alpha value is -2.27. The number of sulfonamides is 1. The first kappa shape index (κ1) is 21.9. The van der Waals surface area contributed by atoms with Crippen LogP contribution in [0.25, 0.3) is 0 Å². The molecular formula is C21H24N2O6S2. The Morgan fingerprint density at radius 1 is 0.903 bits per heavy atom. The van der Waals surface area contributed by atoms with E-state index in [0.717, 1.165) is 18.2 Å². The molecule has 166 valence electrons. The fraction of sp³-hybridized carbons (Fsp3) is 0.381. The van der Waals surface area contributed by atoms with Gasteiger partial charge in [0.15, 0.2) is 9.84 Å². The molecule has 1 amide bonds. The van der Waals surface area contributed by atoms with Crippen molar-refractivity contribution in [1.82, 2.24) is 4.31 Å². The van der Waals surface area contributed by atoms with Gasteiger partial charge < -0.3 is 9.64 Å². The Morgan fingerprint density at radius 3 is 2.19 bits per heavy atom. The number of carbonyl (C=O) groups is 1. The zero-order chi connectivity index (χ0) is 22.2. The Labute approximate surface area is 182 Å². The van der Waals surface area contributed by atoms with Crippen LogP contribution in [0.2, 0.25) is 0 Å². The highest BCUT2D eigenvalue weighted by Gasteiger charge is 2.28. The molecule has 0 atom stereocenters. The Bertz CT molecular complexity index is 1200. The molecule has 0 radical (unpaired) electrons. The number of sulfone groups is 1. The Balaban J connectivity index is 1.58. The quantitative estimate of drug-likeness (QED) is 0.683. The van der Waals surface area contributed by atoms with Crippen LogP contribution in [-0.4, -0.2) is 66.2 Å². The molecule has 0 N–H and O–H groups in total. The van der Waals surface area contributed by atoms with E-state index in [1.807, 2.05) is 0 Å². The van der Waals surface area contributed by atoms with Crippen molar-refractivity contribution >= 4 is 31.5 Å². The van der Waals surface area contributed by atoms with Crippen molar-refractivity contribution in [1.29, 1.82) is 0 Å². The highest BCUT2D eigenvalue weighted by molar-refractivity contribution is 7.90. The topological polar surface area (TPSA) is 101 Å². The molecule has 2 aliphatic heterocycles. The van der Waals surface area contributed by atoms with Crippen LogP contribution in [0.15, 0.2) is 52.3 Å². The van der Waals surface area contributed by atoms with Gasteiger partial charge in [0.25, 0.3) is 5.91 Å². The van der Waals surface area contributed by atoms with E-state index in [0.29, 0.717) is 50.5 Å². The lowest BCUT2D eigenvalue weighted by Crippen LogP contribution is -2.40. The molecule has 0 unspecified atom stereocenters. The molecule has 4 rings (SSSR count). The predicted octanol–water partition coefficient (Wildman–Crippen LogP) is 1.70. The van der Waals surface area contributed by atoms with Gasteiger partial charge in [-0.3, -0.25) is 4.79 Å². The normalized spacial score (nSPS) is 17.9. The Kier molecular flexibility index (Phi) is 5.91. The van der Waals surface area contributed by atoms with E-state index >= 15 is 0 Å². The van der Waals surface area contributed by atoms with Crippen molar-refractivity contribution in [2.75, 3.05) is 44.0 Å². The Morgan fingerprint density at radius 2 is 1.55 bits per heavy atom. The number of morpholine rings is 1.